The number of hydrogen-bond donors (Lipinski definition) is 1. The van der Waals surface area contributed by atoms with Gasteiger partial charge in [-0.05, 0) is 19.1 Å². The van der Waals surface area contributed by atoms with Crippen LogP contribution in [0.1, 0.15) is 24.1 Å². The Morgan fingerprint density at radius 2 is 2.15 bits per heavy atom. The fourth-order valence-corrected chi connectivity index (χ4v) is 1.99. The molecule has 2 rings (SSSR count). The highest BCUT2D eigenvalue weighted by Crippen LogP contribution is 2.29. The van der Waals surface area contributed by atoms with Crippen LogP contribution in [-0.4, -0.2) is 12.1 Å². The smallest absolute Gasteiger partial charge is 0.128 e. The van der Waals surface area contributed by atoms with Crippen LogP contribution in [0.15, 0.2) is 36.7 Å². The number of ether oxygens (including phenoxy) is 2. The Kier molecular flexibility index (Phi) is 4.82. The molecule has 5 heteroatoms. The molecule has 2 aromatic rings. The average molecular weight is 293 g/mol. The van der Waals surface area contributed by atoms with Crippen molar-refractivity contribution in [1.82, 2.24) is 4.98 Å². The fourth-order valence-electron chi connectivity index (χ4n) is 1.82. The SMILES string of the molecule is COc1ccc([C@@H](C)N)c(OCc2ccncc2Cl)c1. The van der Waals surface area contributed by atoms with E-state index in [1.165, 1.54) is 0 Å². The molecule has 0 radical (unpaired) electrons. The van der Waals surface area contributed by atoms with Crippen molar-refractivity contribution in [2.45, 2.75) is 19.6 Å². The number of rotatable bonds is 5. The van der Waals surface area contributed by atoms with Gasteiger partial charge in [-0.3, -0.25) is 4.98 Å². The van der Waals surface area contributed by atoms with Crippen molar-refractivity contribution in [1.29, 1.82) is 0 Å². The molecule has 1 aromatic heterocycles. The summed E-state index contributed by atoms with van der Waals surface area (Å²) in [6, 6.07) is 7.31. The van der Waals surface area contributed by atoms with Gasteiger partial charge in [-0.25, -0.2) is 0 Å². The topological polar surface area (TPSA) is 57.4 Å². The Balaban J connectivity index is 2.21. The first kappa shape index (κ1) is 14.6. The molecule has 4 nitrogen and oxygen atoms in total. The predicted octanol–water partition coefficient (Wildman–Crippen LogP) is 3.34. The molecule has 0 saturated carbocycles. The number of pyridine rings is 1. The maximum atomic E-state index is 6.06. The van der Waals surface area contributed by atoms with Gasteiger partial charge in [0.05, 0.1) is 12.1 Å². The Labute approximate surface area is 123 Å². The van der Waals surface area contributed by atoms with E-state index >= 15 is 0 Å². The third-order valence-corrected chi connectivity index (χ3v) is 3.29. The van der Waals surface area contributed by atoms with Gasteiger partial charge in [-0.15, -0.1) is 0 Å². The lowest BCUT2D eigenvalue weighted by molar-refractivity contribution is 0.299. The molecule has 106 valence electrons. The first-order chi connectivity index (χ1) is 9.61. The fraction of sp³-hybridized carbons (Fsp3) is 0.267. The quantitative estimate of drug-likeness (QED) is 0.918. The standard InChI is InChI=1S/C15H17ClN2O2/c1-10(17)13-4-3-12(19-2)7-15(13)20-9-11-5-6-18-8-14(11)16/h3-8,10H,9,17H2,1-2H3/t10-/m1/s1. The normalized spacial score (nSPS) is 12.0. The molecule has 1 atom stereocenters. The van der Waals surface area contributed by atoms with E-state index in [2.05, 4.69) is 4.98 Å². The summed E-state index contributed by atoms with van der Waals surface area (Å²) in [4.78, 5) is 3.95. The minimum atomic E-state index is -0.121. The molecule has 0 amide bonds. The summed E-state index contributed by atoms with van der Waals surface area (Å²) in [7, 11) is 1.62. The van der Waals surface area contributed by atoms with Gasteiger partial charge in [-0.1, -0.05) is 17.7 Å². The molecule has 0 saturated heterocycles. The van der Waals surface area contributed by atoms with Gasteiger partial charge >= 0.3 is 0 Å². The van der Waals surface area contributed by atoms with Gasteiger partial charge in [-0.2, -0.15) is 0 Å². The minimum absolute atomic E-state index is 0.121. The van der Waals surface area contributed by atoms with E-state index in [0.29, 0.717) is 17.4 Å². The van der Waals surface area contributed by atoms with E-state index in [1.807, 2.05) is 31.2 Å². The van der Waals surface area contributed by atoms with Gasteiger partial charge in [0.2, 0.25) is 0 Å². The van der Waals surface area contributed by atoms with Crippen LogP contribution in [-0.2, 0) is 6.61 Å². The predicted molar refractivity (Wildman–Crippen MR) is 79.2 cm³/mol. The Hall–Kier alpha value is -1.78. The van der Waals surface area contributed by atoms with E-state index in [-0.39, 0.29) is 6.04 Å². The molecule has 0 spiro atoms. The van der Waals surface area contributed by atoms with Gasteiger partial charge in [0.15, 0.2) is 0 Å². The van der Waals surface area contributed by atoms with Crippen molar-refractivity contribution in [3.63, 3.8) is 0 Å². The first-order valence-corrected chi connectivity index (χ1v) is 6.64. The summed E-state index contributed by atoms with van der Waals surface area (Å²) < 4.78 is 11.0. The highest BCUT2D eigenvalue weighted by atomic mass is 35.5. The number of methoxy groups -OCH3 is 1. The number of aromatic nitrogens is 1. The third-order valence-electron chi connectivity index (χ3n) is 2.95. The van der Waals surface area contributed by atoms with Crippen molar-refractivity contribution < 1.29 is 9.47 Å². The number of hydrogen-bond acceptors (Lipinski definition) is 4. The molecule has 1 aromatic carbocycles. The average Bonchev–Trinajstić information content (AvgIpc) is 2.46. The number of halogens is 1. The van der Waals surface area contributed by atoms with Crippen molar-refractivity contribution >= 4 is 11.6 Å². The maximum absolute atomic E-state index is 6.06. The summed E-state index contributed by atoms with van der Waals surface area (Å²) in [5.74, 6) is 1.43. The Morgan fingerprint density at radius 3 is 2.80 bits per heavy atom. The molecule has 0 fully saturated rings. The van der Waals surface area contributed by atoms with Gasteiger partial charge in [0, 0.05) is 35.6 Å². The largest absolute Gasteiger partial charge is 0.497 e. The molecule has 0 aliphatic rings. The van der Waals surface area contributed by atoms with Gasteiger partial charge in [0.25, 0.3) is 0 Å². The highest BCUT2D eigenvalue weighted by Gasteiger charge is 2.10. The zero-order valence-corrected chi connectivity index (χ0v) is 12.2. The monoisotopic (exact) mass is 292 g/mol. The summed E-state index contributed by atoms with van der Waals surface area (Å²) in [6.45, 7) is 2.27. The molecular weight excluding hydrogens is 276 g/mol. The van der Waals surface area contributed by atoms with Crippen molar-refractivity contribution in [3.05, 3.63) is 52.8 Å². The summed E-state index contributed by atoms with van der Waals surface area (Å²) in [5, 5.41) is 0.581. The van der Waals surface area contributed by atoms with E-state index in [1.54, 1.807) is 19.5 Å². The van der Waals surface area contributed by atoms with Crippen LogP contribution >= 0.6 is 11.6 Å². The zero-order chi connectivity index (χ0) is 14.5. The van der Waals surface area contributed by atoms with Gasteiger partial charge in [0.1, 0.15) is 18.1 Å². The Morgan fingerprint density at radius 1 is 1.35 bits per heavy atom. The third kappa shape index (κ3) is 3.40. The molecule has 0 aliphatic heterocycles. The van der Waals surface area contributed by atoms with Crippen molar-refractivity contribution in [2.75, 3.05) is 7.11 Å². The number of nitrogens with two attached hydrogens (primary N) is 1. The van der Waals surface area contributed by atoms with E-state index in [4.69, 9.17) is 26.8 Å². The molecule has 0 bridgehead atoms. The summed E-state index contributed by atoms with van der Waals surface area (Å²) in [6.07, 6.45) is 3.28. The van der Waals surface area contributed by atoms with Crippen LogP contribution in [0.25, 0.3) is 0 Å². The van der Waals surface area contributed by atoms with Crippen LogP contribution in [0.3, 0.4) is 0 Å². The maximum Gasteiger partial charge on any atom is 0.128 e. The van der Waals surface area contributed by atoms with Gasteiger partial charge < -0.3 is 15.2 Å². The van der Waals surface area contributed by atoms with E-state index in [9.17, 15) is 0 Å². The van der Waals surface area contributed by atoms with Crippen LogP contribution in [0.4, 0.5) is 0 Å². The van der Waals surface area contributed by atoms with Crippen LogP contribution in [0.5, 0.6) is 11.5 Å². The molecule has 0 aliphatic carbocycles. The van der Waals surface area contributed by atoms with Crippen molar-refractivity contribution in [3.8, 4) is 11.5 Å². The van der Waals surface area contributed by atoms with Crippen LogP contribution < -0.4 is 15.2 Å². The lowest BCUT2D eigenvalue weighted by Crippen LogP contribution is -2.08. The van der Waals surface area contributed by atoms with E-state index < -0.39 is 0 Å². The van der Waals surface area contributed by atoms with Crippen LogP contribution in [0, 0.1) is 0 Å². The first-order valence-electron chi connectivity index (χ1n) is 6.26. The minimum Gasteiger partial charge on any atom is -0.497 e. The lowest BCUT2D eigenvalue weighted by atomic mass is 10.1. The van der Waals surface area contributed by atoms with E-state index in [0.717, 1.165) is 16.9 Å². The molecule has 2 N–H and O–H groups in total. The highest BCUT2D eigenvalue weighted by molar-refractivity contribution is 6.31. The summed E-state index contributed by atoms with van der Waals surface area (Å²) >= 11 is 6.06. The number of nitrogens with zero attached hydrogens (tertiary/aromatic N) is 1. The molecular formula is C15H17ClN2O2. The van der Waals surface area contributed by atoms with Crippen molar-refractivity contribution in [2.24, 2.45) is 5.73 Å². The molecule has 20 heavy (non-hydrogen) atoms. The second kappa shape index (κ2) is 6.59. The lowest BCUT2D eigenvalue weighted by Gasteiger charge is -2.15. The second-order valence-corrected chi connectivity index (χ2v) is 4.86. The Bertz CT molecular complexity index is 588. The zero-order valence-electron chi connectivity index (χ0n) is 11.5. The molecule has 0 unspecified atom stereocenters. The van der Waals surface area contributed by atoms with Crippen LogP contribution in [0.2, 0.25) is 5.02 Å². The second-order valence-electron chi connectivity index (χ2n) is 4.45. The summed E-state index contributed by atoms with van der Waals surface area (Å²) in [5.41, 5.74) is 7.75. The molecule has 1 heterocycles. The number of benzene rings is 1.